The summed E-state index contributed by atoms with van der Waals surface area (Å²) < 4.78 is 13.2. The molecule has 0 aliphatic carbocycles. The first-order valence-electron chi connectivity index (χ1n) is 6.18. The van der Waals surface area contributed by atoms with Crippen LogP contribution in [0.2, 0.25) is 0 Å². The van der Waals surface area contributed by atoms with E-state index in [0.717, 1.165) is 10.6 Å². The van der Waals surface area contributed by atoms with E-state index in [-0.39, 0.29) is 17.2 Å². The van der Waals surface area contributed by atoms with E-state index in [1.165, 1.54) is 18.2 Å². The van der Waals surface area contributed by atoms with Crippen molar-refractivity contribution < 1.29 is 9.18 Å². The number of nitrogens with one attached hydrogen (secondary N) is 1. The van der Waals surface area contributed by atoms with Gasteiger partial charge in [-0.3, -0.25) is 4.79 Å². The predicted molar refractivity (Wildman–Crippen MR) is 80.3 cm³/mol. The van der Waals surface area contributed by atoms with E-state index in [2.05, 4.69) is 5.32 Å². The monoisotopic (exact) mass is 290 g/mol. The highest BCUT2D eigenvalue weighted by atomic mass is 32.2. The SMILES string of the molecule is Nc1c(F)cccc1C(=O)NCCSc1ccccc1. The van der Waals surface area contributed by atoms with Crippen molar-refractivity contribution in [1.82, 2.24) is 5.32 Å². The Morgan fingerprint density at radius 2 is 1.90 bits per heavy atom. The van der Waals surface area contributed by atoms with Crippen LogP contribution in [0, 0.1) is 5.82 Å². The number of thioether (sulfide) groups is 1. The third kappa shape index (κ3) is 3.74. The van der Waals surface area contributed by atoms with Crippen molar-refractivity contribution in [2.24, 2.45) is 0 Å². The Labute approximate surface area is 121 Å². The Bertz CT molecular complexity index is 590. The van der Waals surface area contributed by atoms with Gasteiger partial charge in [0, 0.05) is 17.2 Å². The number of hydrogen-bond acceptors (Lipinski definition) is 3. The fraction of sp³-hybridized carbons (Fsp3) is 0.133. The average molecular weight is 290 g/mol. The molecule has 0 unspecified atom stereocenters. The first kappa shape index (κ1) is 14.4. The number of hydrogen-bond donors (Lipinski definition) is 2. The second kappa shape index (κ2) is 6.96. The largest absolute Gasteiger partial charge is 0.396 e. The quantitative estimate of drug-likeness (QED) is 0.506. The molecule has 0 saturated carbocycles. The summed E-state index contributed by atoms with van der Waals surface area (Å²) in [4.78, 5) is 13.0. The van der Waals surface area contributed by atoms with E-state index >= 15 is 0 Å². The van der Waals surface area contributed by atoms with Crippen LogP contribution in [-0.4, -0.2) is 18.2 Å². The predicted octanol–water partition coefficient (Wildman–Crippen LogP) is 2.93. The summed E-state index contributed by atoms with van der Waals surface area (Å²) in [5.74, 6) is -0.183. The van der Waals surface area contributed by atoms with Gasteiger partial charge in [-0.1, -0.05) is 24.3 Å². The Morgan fingerprint density at radius 3 is 2.65 bits per heavy atom. The first-order chi connectivity index (χ1) is 9.68. The Hall–Kier alpha value is -2.01. The summed E-state index contributed by atoms with van der Waals surface area (Å²) in [6.45, 7) is 0.494. The van der Waals surface area contributed by atoms with Crippen LogP contribution in [0.25, 0.3) is 0 Å². The molecule has 2 aromatic rings. The van der Waals surface area contributed by atoms with E-state index < -0.39 is 5.82 Å². The molecule has 0 fully saturated rings. The van der Waals surface area contributed by atoms with Gasteiger partial charge in [0.05, 0.1) is 11.3 Å². The lowest BCUT2D eigenvalue weighted by molar-refractivity contribution is 0.0956. The van der Waals surface area contributed by atoms with Gasteiger partial charge in [0.25, 0.3) is 5.91 Å². The first-order valence-corrected chi connectivity index (χ1v) is 7.17. The van der Waals surface area contributed by atoms with Crippen molar-refractivity contribution in [3.05, 3.63) is 59.9 Å². The van der Waals surface area contributed by atoms with Crippen LogP contribution in [0.4, 0.5) is 10.1 Å². The van der Waals surface area contributed by atoms with E-state index in [9.17, 15) is 9.18 Å². The molecule has 0 aliphatic heterocycles. The number of nitrogen functional groups attached to an aromatic ring is 1. The zero-order valence-electron chi connectivity index (χ0n) is 10.8. The zero-order valence-corrected chi connectivity index (χ0v) is 11.6. The minimum absolute atomic E-state index is 0.110. The molecular weight excluding hydrogens is 275 g/mol. The van der Waals surface area contributed by atoms with Crippen LogP contribution in [0.3, 0.4) is 0 Å². The Kier molecular flexibility index (Phi) is 5.01. The molecule has 2 rings (SSSR count). The van der Waals surface area contributed by atoms with Crippen molar-refractivity contribution in [3.63, 3.8) is 0 Å². The molecule has 0 aliphatic rings. The Morgan fingerprint density at radius 1 is 1.15 bits per heavy atom. The molecule has 0 atom stereocenters. The van der Waals surface area contributed by atoms with Crippen LogP contribution >= 0.6 is 11.8 Å². The maximum absolute atomic E-state index is 13.2. The van der Waals surface area contributed by atoms with Crippen LogP contribution in [-0.2, 0) is 0 Å². The van der Waals surface area contributed by atoms with Gasteiger partial charge in [-0.15, -0.1) is 11.8 Å². The summed E-state index contributed by atoms with van der Waals surface area (Å²) >= 11 is 1.64. The highest BCUT2D eigenvalue weighted by Gasteiger charge is 2.11. The van der Waals surface area contributed by atoms with Gasteiger partial charge < -0.3 is 11.1 Å². The highest BCUT2D eigenvalue weighted by Crippen LogP contribution is 2.17. The number of carbonyl (C=O) groups is 1. The second-order valence-corrected chi connectivity index (χ2v) is 5.29. The van der Waals surface area contributed by atoms with E-state index in [0.29, 0.717) is 6.54 Å². The molecule has 3 N–H and O–H groups in total. The molecule has 104 valence electrons. The molecule has 0 aromatic heterocycles. The average Bonchev–Trinajstić information content (AvgIpc) is 2.47. The minimum Gasteiger partial charge on any atom is -0.396 e. The fourth-order valence-electron chi connectivity index (χ4n) is 1.68. The van der Waals surface area contributed by atoms with Gasteiger partial charge in [-0.25, -0.2) is 4.39 Å². The number of halogens is 1. The highest BCUT2D eigenvalue weighted by molar-refractivity contribution is 7.99. The molecule has 3 nitrogen and oxygen atoms in total. The maximum Gasteiger partial charge on any atom is 0.253 e. The summed E-state index contributed by atoms with van der Waals surface area (Å²) in [5, 5.41) is 2.73. The number of benzene rings is 2. The van der Waals surface area contributed by atoms with Crippen LogP contribution < -0.4 is 11.1 Å². The lowest BCUT2D eigenvalue weighted by Crippen LogP contribution is -2.26. The molecule has 0 spiro atoms. The van der Waals surface area contributed by atoms with Crippen molar-refractivity contribution in [1.29, 1.82) is 0 Å². The van der Waals surface area contributed by atoms with E-state index in [4.69, 9.17) is 5.73 Å². The summed E-state index contributed by atoms with van der Waals surface area (Å²) in [6, 6.07) is 14.1. The maximum atomic E-state index is 13.2. The fourth-order valence-corrected chi connectivity index (χ4v) is 2.47. The molecule has 2 aromatic carbocycles. The zero-order chi connectivity index (χ0) is 14.4. The summed E-state index contributed by atoms with van der Waals surface area (Å²) in [7, 11) is 0. The van der Waals surface area contributed by atoms with Gasteiger partial charge >= 0.3 is 0 Å². The minimum atomic E-state index is -0.573. The standard InChI is InChI=1S/C15H15FN2OS/c16-13-8-4-7-12(14(13)17)15(19)18-9-10-20-11-5-2-1-3-6-11/h1-8H,9-10,17H2,(H,18,19). The molecule has 0 radical (unpaired) electrons. The lowest BCUT2D eigenvalue weighted by atomic mass is 10.1. The van der Waals surface area contributed by atoms with Crippen LogP contribution in [0.1, 0.15) is 10.4 Å². The molecular formula is C15H15FN2OS. The van der Waals surface area contributed by atoms with Crippen molar-refractivity contribution in [2.75, 3.05) is 18.0 Å². The van der Waals surface area contributed by atoms with Gasteiger partial charge in [-0.2, -0.15) is 0 Å². The second-order valence-electron chi connectivity index (χ2n) is 4.12. The number of anilines is 1. The van der Waals surface area contributed by atoms with Gasteiger partial charge in [-0.05, 0) is 24.3 Å². The number of para-hydroxylation sites is 1. The van der Waals surface area contributed by atoms with Crippen molar-refractivity contribution >= 4 is 23.4 Å². The molecule has 0 saturated heterocycles. The number of nitrogens with two attached hydrogens (primary N) is 1. The topological polar surface area (TPSA) is 55.1 Å². The van der Waals surface area contributed by atoms with Crippen molar-refractivity contribution in [2.45, 2.75) is 4.90 Å². The molecule has 5 heteroatoms. The Balaban J connectivity index is 1.82. The molecule has 0 bridgehead atoms. The number of amides is 1. The van der Waals surface area contributed by atoms with E-state index in [1.54, 1.807) is 11.8 Å². The number of carbonyl (C=O) groups excluding carboxylic acids is 1. The smallest absolute Gasteiger partial charge is 0.253 e. The summed E-state index contributed by atoms with van der Waals surface area (Å²) in [5.41, 5.74) is 5.60. The van der Waals surface area contributed by atoms with E-state index in [1.807, 2.05) is 30.3 Å². The van der Waals surface area contributed by atoms with Crippen LogP contribution in [0.15, 0.2) is 53.4 Å². The third-order valence-corrected chi connectivity index (χ3v) is 3.71. The van der Waals surface area contributed by atoms with Gasteiger partial charge in [0.15, 0.2) is 0 Å². The van der Waals surface area contributed by atoms with Crippen LogP contribution in [0.5, 0.6) is 0 Å². The third-order valence-electron chi connectivity index (χ3n) is 2.70. The van der Waals surface area contributed by atoms with Gasteiger partial charge in [0.1, 0.15) is 5.82 Å². The molecule has 20 heavy (non-hydrogen) atoms. The molecule has 0 heterocycles. The molecule has 1 amide bonds. The van der Waals surface area contributed by atoms with Gasteiger partial charge in [0.2, 0.25) is 0 Å². The summed E-state index contributed by atoms with van der Waals surface area (Å²) in [6.07, 6.45) is 0. The number of rotatable bonds is 5. The lowest BCUT2D eigenvalue weighted by Gasteiger charge is -2.08. The normalized spacial score (nSPS) is 10.2. The van der Waals surface area contributed by atoms with Crippen molar-refractivity contribution in [3.8, 4) is 0 Å².